The Labute approximate surface area is 175 Å². The van der Waals surface area contributed by atoms with Crippen LogP contribution in [0.5, 0.6) is 0 Å². The summed E-state index contributed by atoms with van der Waals surface area (Å²) >= 11 is 0. The van der Waals surface area contributed by atoms with Gasteiger partial charge >= 0.3 is 5.97 Å². The van der Waals surface area contributed by atoms with Crippen LogP contribution in [0.4, 0.5) is 5.69 Å². The molecule has 0 aromatic heterocycles. The van der Waals surface area contributed by atoms with Gasteiger partial charge in [0.2, 0.25) is 0 Å². The van der Waals surface area contributed by atoms with E-state index in [1.807, 2.05) is 24.3 Å². The van der Waals surface area contributed by atoms with E-state index in [0.29, 0.717) is 23.7 Å². The molecular formula is C25H36N2O2. The van der Waals surface area contributed by atoms with Crippen LogP contribution in [0.15, 0.2) is 24.3 Å². The Morgan fingerprint density at radius 2 is 1.55 bits per heavy atom. The molecule has 2 unspecified atom stereocenters. The fourth-order valence-corrected chi connectivity index (χ4v) is 7.19. The molecule has 2 aliphatic carbocycles. The zero-order valence-corrected chi connectivity index (χ0v) is 17.8. The molecule has 1 aromatic rings. The van der Waals surface area contributed by atoms with E-state index >= 15 is 0 Å². The minimum atomic E-state index is -0.250. The molecule has 2 heterocycles. The second-order valence-electron chi connectivity index (χ2n) is 10.1. The minimum Gasteiger partial charge on any atom is -0.465 e. The highest BCUT2D eigenvalue weighted by molar-refractivity contribution is 5.95. The molecule has 1 aromatic carbocycles. The largest absolute Gasteiger partial charge is 0.465 e. The molecule has 5 atom stereocenters. The number of nitrogens with one attached hydrogen (secondary N) is 1. The molecule has 0 spiro atoms. The van der Waals surface area contributed by atoms with E-state index in [1.54, 1.807) is 0 Å². The maximum absolute atomic E-state index is 12.2. The number of anilines is 1. The smallest absolute Gasteiger partial charge is 0.339 e. The lowest BCUT2D eigenvalue weighted by Gasteiger charge is -2.55. The molecular weight excluding hydrogens is 360 g/mol. The molecule has 158 valence electrons. The van der Waals surface area contributed by atoms with Crippen LogP contribution in [0, 0.1) is 11.8 Å². The number of rotatable bonds is 4. The van der Waals surface area contributed by atoms with Gasteiger partial charge in [-0.1, -0.05) is 37.8 Å². The average molecular weight is 397 g/mol. The number of methoxy groups -OCH3 is 1. The van der Waals surface area contributed by atoms with Crippen molar-refractivity contribution >= 4 is 11.7 Å². The molecule has 4 nitrogen and oxygen atoms in total. The Morgan fingerprint density at radius 1 is 0.897 bits per heavy atom. The van der Waals surface area contributed by atoms with Crippen LogP contribution < -0.4 is 5.32 Å². The first-order chi connectivity index (χ1) is 14.2. The monoisotopic (exact) mass is 396 g/mol. The number of hydrogen-bond acceptors (Lipinski definition) is 4. The predicted molar refractivity (Wildman–Crippen MR) is 116 cm³/mol. The van der Waals surface area contributed by atoms with Gasteiger partial charge in [-0.15, -0.1) is 0 Å². The van der Waals surface area contributed by atoms with E-state index < -0.39 is 0 Å². The van der Waals surface area contributed by atoms with Gasteiger partial charge in [0.25, 0.3) is 0 Å². The summed E-state index contributed by atoms with van der Waals surface area (Å²) in [7, 11) is 1.46. The third-order valence-corrected chi connectivity index (χ3v) is 8.25. The van der Waals surface area contributed by atoms with E-state index in [0.717, 1.165) is 23.6 Å². The van der Waals surface area contributed by atoms with Crippen molar-refractivity contribution < 1.29 is 9.53 Å². The number of hydrogen-bond donors (Lipinski definition) is 1. The summed E-state index contributed by atoms with van der Waals surface area (Å²) in [5.41, 5.74) is 1.59. The molecule has 4 fully saturated rings. The summed E-state index contributed by atoms with van der Waals surface area (Å²) in [6, 6.07) is 10.5. The van der Waals surface area contributed by atoms with E-state index in [9.17, 15) is 4.79 Å². The number of carbonyl (C=O) groups excluding carboxylic acids is 1. The lowest BCUT2D eigenvalue weighted by molar-refractivity contribution is -0.0382. The molecule has 2 saturated carbocycles. The van der Waals surface area contributed by atoms with Crippen LogP contribution in [0.25, 0.3) is 0 Å². The van der Waals surface area contributed by atoms with Gasteiger partial charge in [0.15, 0.2) is 0 Å². The number of esters is 1. The number of fused-ring (bicyclic) bond motifs is 4. The molecule has 29 heavy (non-hydrogen) atoms. The maximum atomic E-state index is 12.2. The Bertz CT molecular complexity index is 709. The lowest BCUT2D eigenvalue weighted by atomic mass is 9.68. The standard InChI is InChI=1S/C25H36N2O2/c1-29-25(28)23-10-2-3-11-24(23)26-19-15-20-8-5-9-21(16-19)27(20)22-13-17-6-4-7-18(12-17)14-22/h2-3,10-11,17-22,26H,4-9,12-16H2,1H3/t17?,18?,19-,20+,21-,22?. The van der Waals surface area contributed by atoms with E-state index in [-0.39, 0.29) is 5.97 Å². The Morgan fingerprint density at radius 3 is 2.24 bits per heavy atom. The molecule has 2 saturated heterocycles. The van der Waals surface area contributed by atoms with Crippen molar-refractivity contribution in [2.75, 3.05) is 12.4 Å². The van der Waals surface area contributed by atoms with Crippen molar-refractivity contribution in [3.05, 3.63) is 29.8 Å². The first kappa shape index (κ1) is 19.4. The summed E-state index contributed by atoms with van der Waals surface area (Å²) in [6.07, 6.45) is 15.3. The highest BCUT2D eigenvalue weighted by Gasteiger charge is 2.44. The summed E-state index contributed by atoms with van der Waals surface area (Å²) in [5, 5.41) is 3.73. The van der Waals surface area contributed by atoms with Crippen molar-refractivity contribution in [2.24, 2.45) is 11.8 Å². The zero-order valence-electron chi connectivity index (χ0n) is 17.8. The van der Waals surface area contributed by atoms with Crippen molar-refractivity contribution in [3.63, 3.8) is 0 Å². The molecule has 1 N–H and O–H groups in total. The highest BCUT2D eigenvalue weighted by Crippen LogP contribution is 2.46. The van der Waals surface area contributed by atoms with Crippen molar-refractivity contribution in [1.82, 2.24) is 4.90 Å². The molecule has 4 heteroatoms. The number of para-hydroxylation sites is 1. The van der Waals surface area contributed by atoms with Gasteiger partial charge in [0, 0.05) is 29.9 Å². The number of carbonyl (C=O) groups is 1. The summed E-state index contributed by atoms with van der Waals surface area (Å²) in [4.78, 5) is 15.1. The van der Waals surface area contributed by atoms with E-state index in [4.69, 9.17) is 4.74 Å². The van der Waals surface area contributed by atoms with Crippen LogP contribution in [-0.2, 0) is 4.74 Å². The molecule has 2 aliphatic heterocycles. The van der Waals surface area contributed by atoms with Crippen molar-refractivity contribution in [3.8, 4) is 0 Å². The molecule has 5 rings (SSSR count). The van der Waals surface area contributed by atoms with Gasteiger partial charge in [0.05, 0.1) is 12.7 Å². The normalized spacial score (nSPS) is 37.0. The molecule has 0 amide bonds. The van der Waals surface area contributed by atoms with Crippen LogP contribution in [-0.4, -0.2) is 42.1 Å². The summed E-state index contributed by atoms with van der Waals surface area (Å²) < 4.78 is 4.99. The van der Waals surface area contributed by atoms with Gasteiger partial charge in [-0.05, 0) is 68.9 Å². The molecule has 4 aliphatic rings. The van der Waals surface area contributed by atoms with Crippen LogP contribution >= 0.6 is 0 Å². The van der Waals surface area contributed by atoms with E-state index in [1.165, 1.54) is 77.7 Å². The first-order valence-corrected chi connectivity index (χ1v) is 11.9. The van der Waals surface area contributed by atoms with Crippen LogP contribution in [0.3, 0.4) is 0 Å². The third-order valence-electron chi connectivity index (χ3n) is 8.25. The van der Waals surface area contributed by atoms with Crippen molar-refractivity contribution in [2.45, 2.75) is 94.8 Å². The van der Waals surface area contributed by atoms with Gasteiger partial charge in [-0.2, -0.15) is 0 Å². The molecule has 4 bridgehead atoms. The third kappa shape index (κ3) is 3.93. The number of nitrogens with zero attached hydrogens (tertiary/aromatic N) is 1. The van der Waals surface area contributed by atoms with Crippen LogP contribution in [0.1, 0.15) is 81.0 Å². The fraction of sp³-hybridized carbons (Fsp3) is 0.720. The van der Waals surface area contributed by atoms with Gasteiger partial charge in [-0.25, -0.2) is 4.79 Å². The van der Waals surface area contributed by atoms with Gasteiger partial charge < -0.3 is 10.1 Å². The highest BCUT2D eigenvalue weighted by atomic mass is 16.5. The minimum absolute atomic E-state index is 0.250. The SMILES string of the molecule is COC(=O)c1ccccc1N[C@H]1C[C@H]2CCC[C@@H](C1)N2C1CC2CCCC(C2)C1. The Balaban J connectivity index is 1.29. The number of benzene rings is 1. The number of piperidine rings is 2. The van der Waals surface area contributed by atoms with Crippen LogP contribution in [0.2, 0.25) is 0 Å². The topological polar surface area (TPSA) is 41.6 Å². The maximum Gasteiger partial charge on any atom is 0.339 e. The second-order valence-corrected chi connectivity index (χ2v) is 10.1. The van der Waals surface area contributed by atoms with E-state index in [2.05, 4.69) is 10.2 Å². The van der Waals surface area contributed by atoms with Crippen molar-refractivity contribution in [1.29, 1.82) is 0 Å². The number of ether oxygens (including phenoxy) is 1. The average Bonchev–Trinajstić information content (AvgIpc) is 2.72. The second kappa shape index (κ2) is 8.29. The molecule has 0 radical (unpaired) electrons. The summed E-state index contributed by atoms with van der Waals surface area (Å²) in [5.74, 6) is 1.74. The predicted octanol–water partition coefficient (Wildman–Crippen LogP) is 5.24. The fourth-order valence-electron chi connectivity index (χ4n) is 7.19. The summed E-state index contributed by atoms with van der Waals surface area (Å²) in [6.45, 7) is 0. The quantitative estimate of drug-likeness (QED) is 0.707. The first-order valence-electron chi connectivity index (χ1n) is 11.9. The van der Waals surface area contributed by atoms with Gasteiger partial charge in [-0.3, -0.25) is 4.90 Å². The van der Waals surface area contributed by atoms with Gasteiger partial charge in [0.1, 0.15) is 0 Å². The lowest BCUT2D eigenvalue weighted by Crippen LogP contribution is -2.60. The zero-order chi connectivity index (χ0) is 19.8. The Hall–Kier alpha value is -1.55. The Kier molecular flexibility index (Phi) is 5.55.